The van der Waals surface area contributed by atoms with E-state index in [4.69, 9.17) is 9.84 Å². The third kappa shape index (κ3) is 5.01. The van der Waals surface area contributed by atoms with Gasteiger partial charge in [0.15, 0.2) is 11.5 Å². The number of phenolic OH excluding ortho intramolecular Hbond substituents is 1. The average molecular weight is 329 g/mol. The lowest BCUT2D eigenvalue weighted by molar-refractivity contribution is -0.141. The van der Waals surface area contributed by atoms with Gasteiger partial charge in [0.25, 0.3) is 0 Å². The Hall–Kier alpha value is -3.02. The molecule has 0 spiro atoms. The Labute approximate surface area is 139 Å². The Bertz CT molecular complexity index is 715. The number of aliphatic carboxylic acids is 1. The van der Waals surface area contributed by atoms with Crippen LogP contribution in [0.1, 0.15) is 18.1 Å². The molecule has 1 atom stereocenters. The number of amides is 1. The highest BCUT2D eigenvalue weighted by Gasteiger charge is 2.19. The number of carbonyl (C=O) groups excluding carboxylic acids is 1. The predicted octanol–water partition coefficient (Wildman–Crippen LogP) is 2.10. The van der Waals surface area contributed by atoms with Gasteiger partial charge < -0.3 is 20.3 Å². The number of phenols is 1. The van der Waals surface area contributed by atoms with Crippen molar-refractivity contribution in [3.8, 4) is 11.5 Å². The Morgan fingerprint density at radius 1 is 1.12 bits per heavy atom. The number of aromatic hydroxyl groups is 1. The van der Waals surface area contributed by atoms with Crippen molar-refractivity contribution in [1.29, 1.82) is 0 Å². The summed E-state index contributed by atoms with van der Waals surface area (Å²) >= 11 is 0. The first-order chi connectivity index (χ1) is 11.5. The van der Waals surface area contributed by atoms with Gasteiger partial charge in [0, 0.05) is 13.3 Å². The fraction of sp³-hybridized carbons (Fsp3) is 0.222. The molecule has 1 unspecified atom stereocenters. The van der Waals surface area contributed by atoms with E-state index in [0.717, 1.165) is 5.56 Å². The fourth-order valence-corrected chi connectivity index (χ4v) is 2.22. The maximum absolute atomic E-state index is 11.2. The van der Waals surface area contributed by atoms with Crippen LogP contribution in [0.4, 0.5) is 0 Å². The number of carbonyl (C=O) groups is 2. The van der Waals surface area contributed by atoms with Gasteiger partial charge in [-0.15, -0.1) is 0 Å². The van der Waals surface area contributed by atoms with E-state index in [0.29, 0.717) is 5.56 Å². The van der Waals surface area contributed by atoms with E-state index in [1.807, 2.05) is 30.3 Å². The van der Waals surface area contributed by atoms with E-state index in [-0.39, 0.29) is 24.5 Å². The maximum atomic E-state index is 11.2. The first kappa shape index (κ1) is 17.3. The third-order valence-corrected chi connectivity index (χ3v) is 3.38. The van der Waals surface area contributed by atoms with Crippen LogP contribution in [0.2, 0.25) is 0 Å². The predicted molar refractivity (Wildman–Crippen MR) is 87.8 cm³/mol. The van der Waals surface area contributed by atoms with Crippen LogP contribution in [0.15, 0.2) is 48.5 Å². The zero-order valence-electron chi connectivity index (χ0n) is 13.2. The number of carboxylic acid groups (broad SMARTS) is 1. The van der Waals surface area contributed by atoms with Gasteiger partial charge in [0.1, 0.15) is 12.6 Å². The lowest BCUT2D eigenvalue weighted by atomic mass is 10.1. The van der Waals surface area contributed by atoms with E-state index in [2.05, 4.69) is 5.32 Å². The van der Waals surface area contributed by atoms with Crippen LogP contribution in [-0.2, 0) is 22.6 Å². The van der Waals surface area contributed by atoms with Crippen molar-refractivity contribution in [3.05, 3.63) is 59.7 Å². The molecule has 0 fully saturated rings. The summed E-state index contributed by atoms with van der Waals surface area (Å²) in [5.74, 6) is -1.30. The summed E-state index contributed by atoms with van der Waals surface area (Å²) in [4.78, 5) is 22.3. The van der Waals surface area contributed by atoms with Gasteiger partial charge in [0.2, 0.25) is 5.91 Å². The van der Waals surface area contributed by atoms with Crippen LogP contribution in [0, 0.1) is 0 Å². The second-order valence-corrected chi connectivity index (χ2v) is 5.37. The van der Waals surface area contributed by atoms with Gasteiger partial charge in [-0.2, -0.15) is 0 Å². The molecule has 1 amide bonds. The molecule has 24 heavy (non-hydrogen) atoms. The number of nitrogens with one attached hydrogen (secondary N) is 1. The minimum absolute atomic E-state index is 0.0268. The molecule has 2 rings (SSSR count). The van der Waals surface area contributed by atoms with Crippen LogP contribution < -0.4 is 10.1 Å². The number of carboxylic acids is 1. The summed E-state index contributed by atoms with van der Waals surface area (Å²) < 4.78 is 5.60. The van der Waals surface area contributed by atoms with Crippen LogP contribution in [0.3, 0.4) is 0 Å². The molecule has 3 N–H and O–H groups in total. The normalized spacial score (nSPS) is 11.5. The second kappa shape index (κ2) is 8.01. The Kier molecular flexibility index (Phi) is 5.78. The molecule has 0 saturated heterocycles. The van der Waals surface area contributed by atoms with Crippen molar-refractivity contribution in [1.82, 2.24) is 5.32 Å². The molecule has 0 aliphatic heterocycles. The number of hydrogen-bond donors (Lipinski definition) is 3. The van der Waals surface area contributed by atoms with Crippen LogP contribution >= 0.6 is 0 Å². The van der Waals surface area contributed by atoms with Gasteiger partial charge in [-0.1, -0.05) is 36.4 Å². The molecule has 126 valence electrons. The van der Waals surface area contributed by atoms with Gasteiger partial charge in [0.05, 0.1) is 0 Å². The van der Waals surface area contributed by atoms with Crippen LogP contribution in [0.25, 0.3) is 0 Å². The minimum atomic E-state index is -1.12. The molecule has 6 nitrogen and oxygen atoms in total. The standard InChI is InChI=1S/C18H19NO5/c1-12(20)19-15(18(22)23)9-14-7-8-16(21)17(10-14)24-11-13-5-3-2-4-6-13/h2-8,10,15,21H,9,11H2,1H3,(H,19,20)(H,22,23). The van der Waals surface area contributed by atoms with Gasteiger partial charge in [-0.25, -0.2) is 4.79 Å². The maximum Gasteiger partial charge on any atom is 0.326 e. The highest BCUT2D eigenvalue weighted by atomic mass is 16.5. The minimum Gasteiger partial charge on any atom is -0.504 e. The summed E-state index contributed by atoms with van der Waals surface area (Å²) in [6.07, 6.45) is 0.0941. The number of hydrogen-bond acceptors (Lipinski definition) is 4. The summed E-state index contributed by atoms with van der Waals surface area (Å²) in [7, 11) is 0. The molecule has 0 aliphatic rings. The van der Waals surface area contributed by atoms with Crippen molar-refractivity contribution >= 4 is 11.9 Å². The number of benzene rings is 2. The van der Waals surface area contributed by atoms with E-state index in [1.54, 1.807) is 12.1 Å². The fourth-order valence-electron chi connectivity index (χ4n) is 2.22. The molecular weight excluding hydrogens is 310 g/mol. The molecule has 0 bridgehead atoms. The van der Waals surface area contributed by atoms with Crippen molar-refractivity contribution in [2.45, 2.75) is 26.0 Å². The molecule has 0 radical (unpaired) electrons. The van der Waals surface area contributed by atoms with E-state index < -0.39 is 17.9 Å². The van der Waals surface area contributed by atoms with Gasteiger partial charge in [-0.3, -0.25) is 4.79 Å². The first-order valence-corrected chi connectivity index (χ1v) is 7.44. The molecule has 0 aliphatic carbocycles. The molecule has 2 aromatic rings. The van der Waals surface area contributed by atoms with Crippen molar-refractivity contribution in [2.75, 3.05) is 0 Å². The summed E-state index contributed by atoms with van der Waals surface area (Å²) in [6, 6.07) is 13.1. The Balaban J connectivity index is 2.09. The van der Waals surface area contributed by atoms with Gasteiger partial charge >= 0.3 is 5.97 Å². The highest BCUT2D eigenvalue weighted by molar-refractivity contribution is 5.82. The number of ether oxygens (including phenoxy) is 1. The largest absolute Gasteiger partial charge is 0.504 e. The third-order valence-electron chi connectivity index (χ3n) is 3.38. The van der Waals surface area contributed by atoms with Crippen LogP contribution in [0.5, 0.6) is 11.5 Å². The zero-order chi connectivity index (χ0) is 17.5. The lowest BCUT2D eigenvalue weighted by Crippen LogP contribution is -2.41. The summed E-state index contributed by atoms with van der Waals surface area (Å²) in [5, 5.41) is 21.4. The first-order valence-electron chi connectivity index (χ1n) is 7.44. The smallest absolute Gasteiger partial charge is 0.326 e. The number of rotatable bonds is 7. The zero-order valence-corrected chi connectivity index (χ0v) is 13.2. The summed E-state index contributed by atoms with van der Waals surface area (Å²) in [5.41, 5.74) is 1.58. The molecular formula is C18H19NO5. The molecule has 0 heterocycles. The van der Waals surface area contributed by atoms with Crippen molar-refractivity contribution < 1.29 is 24.5 Å². The van der Waals surface area contributed by atoms with E-state index in [1.165, 1.54) is 13.0 Å². The van der Waals surface area contributed by atoms with Gasteiger partial charge in [-0.05, 0) is 23.3 Å². The second-order valence-electron chi connectivity index (χ2n) is 5.37. The topological polar surface area (TPSA) is 95.9 Å². The van der Waals surface area contributed by atoms with E-state index in [9.17, 15) is 14.7 Å². The Morgan fingerprint density at radius 3 is 2.46 bits per heavy atom. The SMILES string of the molecule is CC(=O)NC(Cc1ccc(O)c(OCc2ccccc2)c1)C(=O)O. The van der Waals surface area contributed by atoms with Crippen LogP contribution in [-0.4, -0.2) is 28.1 Å². The quantitative estimate of drug-likeness (QED) is 0.723. The lowest BCUT2D eigenvalue weighted by Gasteiger charge is -2.15. The summed E-state index contributed by atoms with van der Waals surface area (Å²) in [6.45, 7) is 1.55. The molecule has 2 aromatic carbocycles. The molecule has 0 aromatic heterocycles. The molecule has 6 heteroatoms. The van der Waals surface area contributed by atoms with Crippen molar-refractivity contribution in [2.24, 2.45) is 0 Å². The van der Waals surface area contributed by atoms with E-state index >= 15 is 0 Å². The Morgan fingerprint density at radius 2 is 1.83 bits per heavy atom. The molecule has 0 saturated carbocycles. The highest BCUT2D eigenvalue weighted by Crippen LogP contribution is 2.28. The monoisotopic (exact) mass is 329 g/mol. The average Bonchev–Trinajstić information content (AvgIpc) is 2.55. The van der Waals surface area contributed by atoms with Crippen molar-refractivity contribution in [3.63, 3.8) is 0 Å².